The van der Waals surface area contributed by atoms with Crippen LogP contribution < -0.4 is 10.6 Å². The predicted molar refractivity (Wildman–Crippen MR) is 136 cm³/mol. The number of benzene rings is 2. The van der Waals surface area contributed by atoms with E-state index in [9.17, 15) is 9.18 Å². The zero-order valence-corrected chi connectivity index (χ0v) is 20.6. The summed E-state index contributed by atoms with van der Waals surface area (Å²) in [7, 11) is 0. The molecule has 8 nitrogen and oxygen atoms in total. The number of carbonyl (C=O) groups excluding carboxylic acids is 1. The normalized spacial score (nSPS) is 14.2. The predicted octanol–water partition coefficient (Wildman–Crippen LogP) is 4.83. The number of rotatable bonds is 7. The molecule has 2 aromatic heterocycles. The highest BCUT2D eigenvalue weighted by molar-refractivity contribution is 6.30. The number of amides is 1. The molecule has 4 aromatic rings. The number of carbonyl (C=O) groups is 1. The molecule has 0 spiro atoms. The van der Waals surface area contributed by atoms with Gasteiger partial charge in [0.2, 0.25) is 5.95 Å². The van der Waals surface area contributed by atoms with Crippen molar-refractivity contribution in [2.75, 3.05) is 18.5 Å². The average Bonchev–Trinajstić information content (AvgIpc) is 3.32. The molecule has 3 heterocycles. The van der Waals surface area contributed by atoms with Gasteiger partial charge in [-0.25, -0.2) is 14.4 Å². The fourth-order valence-corrected chi connectivity index (χ4v) is 4.33. The van der Waals surface area contributed by atoms with Crippen molar-refractivity contribution in [3.05, 3.63) is 70.8 Å². The molecule has 0 saturated carbocycles. The molecule has 1 amide bonds. The van der Waals surface area contributed by atoms with E-state index in [1.165, 1.54) is 12.1 Å². The number of fused-ring (bicyclic) bond motifs is 1. The second-order valence-corrected chi connectivity index (χ2v) is 9.05. The van der Waals surface area contributed by atoms with Gasteiger partial charge in [0.25, 0.3) is 5.91 Å². The SMILES string of the molecule is CCn1nc(CNC(=O)c2ccc3cnc(NC4CCOCC4)nc3c2)cc1-c1ccc(Cl)c(F)c1. The number of aryl methyl sites for hydroxylation is 1. The van der Waals surface area contributed by atoms with E-state index in [-0.39, 0.29) is 23.5 Å². The van der Waals surface area contributed by atoms with E-state index >= 15 is 0 Å². The zero-order valence-electron chi connectivity index (χ0n) is 19.8. The van der Waals surface area contributed by atoms with Crippen molar-refractivity contribution in [3.63, 3.8) is 0 Å². The Morgan fingerprint density at radius 1 is 1.19 bits per heavy atom. The molecule has 1 aliphatic rings. The molecule has 1 fully saturated rings. The molecule has 186 valence electrons. The smallest absolute Gasteiger partial charge is 0.251 e. The lowest BCUT2D eigenvalue weighted by atomic mass is 10.1. The lowest BCUT2D eigenvalue weighted by Crippen LogP contribution is -2.28. The van der Waals surface area contributed by atoms with Crippen molar-refractivity contribution in [2.24, 2.45) is 0 Å². The minimum absolute atomic E-state index is 0.0703. The van der Waals surface area contributed by atoms with Crippen LogP contribution in [0.15, 0.2) is 48.7 Å². The first-order valence-corrected chi connectivity index (χ1v) is 12.3. The van der Waals surface area contributed by atoms with E-state index in [4.69, 9.17) is 16.3 Å². The lowest BCUT2D eigenvalue weighted by Gasteiger charge is -2.23. The number of nitrogens with one attached hydrogen (secondary N) is 2. The van der Waals surface area contributed by atoms with Crippen LogP contribution in [0.1, 0.15) is 35.8 Å². The molecule has 2 aromatic carbocycles. The Balaban J connectivity index is 1.29. The first-order valence-electron chi connectivity index (χ1n) is 11.9. The number of hydrogen-bond acceptors (Lipinski definition) is 6. The Morgan fingerprint density at radius 3 is 2.81 bits per heavy atom. The molecule has 10 heteroatoms. The van der Waals surface area contributed by atoms with Crippen molar-refractivity contribution >= 4 is 34.4 Å². The Kier molecular flexibility index (Phi) is 7.11. The maximum absolute atomic E-state index is 14.0. The second kappa shape index (κ2) is 10.6. The Hall–Kier alpha value is -3.56. The molecule has 1 saturated heterocycles. The summed E-state index contributed by atoms with van der Waals surface area (Å²) < 4.78 is 21.1. The van der Waals surface area contributed by atoms with Gasteiger partial charge in [0.15, 0.2) is 0 Å². The van der Waals surface area contributed by atoms with E-state index in [1.807, 2.05) is 19.1 Å². The van der Waals surface area contributed by atoms with Crippen LogP contribution in [0.3, 0.4) is 0 Å². The van der Waals surface area contributed by atoms with E-state index < -0.39 is 5.82 Å². The van der Waals surface area contributed by atoms with E-state index in [0.717, 1.165) is 37.1 Å². The molecular weight excluding hydrogens is 483 g/mol. The number of ether oxygens (including phenoxy) is 1. The maximum Gasteiger partial charge on any atom is 0.251 e. The maximum atomic E-state index is 14.0. The summed E-state index contributed by atoms with van der Waals surface area (Å²) in [5, 5.41) is 11.7. The number of nitrogens with zero attached hydrogens (tertiary/aromatic N) is 4. The number of halogens is 2. The summed E-state index contributed by atoms with van der Waals surface area (Å²) in [6.07, 6.45) is 3.57. The zero-order chi connectivity index (χ0) is 25.1. The summed E-state index contributed by atoms with van der Waals surface area (Å²) in [6.45, 7) is 4.23. The van der Waals surface area contributed by atoms with Gasteiger partial charge < -0.3 is 15.4 Å². The fraction of sp³-hybridized carbons (Fsp3) is 0.308. The van der Waals surface area contributed by atoms with E-state index in [2.05, 4.69) is 25.7 Å². The van der Waals surface area contributed by atoms with Crippen molar-refractivity contribution in [2.45, 2.75) is 38.9 Å². The van der Waals surface area contributed by atoms with Crippen LogP contribution in [0.2, 0.25) is 5.02 Å². The molecule has 2 N–H and O–H groups in total. The first-order chi connectivity index (χ1) is 17.5. The van der Waals surface area contributed by atoms with E-state index in [0.29, 0.717) is 34.8 Å². The third-order valence-corrected chi connectivity index (χ3v) is 6.48. The highest BCUT2D eigenvalue weighted by Gasteiger charge is 2.16. The van der Waals surface area contributed by atoms with Crippen LogP contribution in [0, 0.1) is 5.82 Å². The van der Waals surface area contributed by atoms with Gasteiger partial charge in [-0.05, 0) is 50.1 Å². The van der Waals surface area contributed by atoms with Gasteiger partial charge in [-0.15, -0.1) is 0 Å². The minimum atomic E-state index is -0.487. The molecular formula is C26H26ClFN6O2. The summed E-state index contributed by atoms with van der Waals surface area (Å²) in [4.78, 5) is 21.9. The summed E-state index contributed by atoms with van der Waals surface area (Å²) >= 11 is 5.82. The number of aromatic nitrogens is 4. The quantitative estimate of drug-likeness (QED) is 0.371. The number of hydrogen-bond donors (Lipinski definition) is 2. The molecule has 0 unspecified atom stereocenters. The van der Waals surface area contributed by atoms with Gasteiger partial charge in [-0.2, -0.15) is 5.10 Å². The van der Waals surface area contributed by atoms with Crippen LogP contribution in [-0.4, -0.2) is 44.9 Å². The Bertz CT molecular complexity index is 1400. The van der Waals surface area contributed by atoms with Gasteiger partial charge in [-0.3, -0.25) is 9.48 Å². The monoisotopic (exact) mass is 508 g/mol. The van der Waals surface area contributed by atoms with Gasteiger partial charge in [0.05, 0.1) is 28.5 Å². The lowest BCUT2D eigenvalue weighted by molar-refractivity contribution is 0.0903. The molecule has 1 aliphatic heterocycles. The van der Waals surface area contributed by atoms with Gasteiger partial charge >= 0.3 is 0 Å². The van der Waals surface area contributed by atoms with Gasteiger partial charge in [0.1, 0.15) is 5.82 Å². The van der Waals surface area contributed by atoms with Crippen LogP contribution in [-0.2, 0) is 17.8 Å². The number of anilines is 1. The minimum Gasteiger partial charge on any atom is -0.381 e. The standard InChI is InChI=1S/C26H26ClFN6O2/c1-2-34-24(16-5-6-21(27)22(28)11-16)13-20(33-34)15-29-25(35)17-3-4-18-14-30-26(32-23(18)12-17)31-19-7-9-36-10-8-19/h3-6,11-14,19H,2,7-10,15H2,1H3,(H,29,35)(H,30,31,32). The van der Waals surface area contributed by atoms with Gasteiger partial charge in [-0.1, -0.05) is 23.7 Å². The molecule has 5 rings (SSSR count). The van der Waals surface area contributed by atoms with Crippen molar-refractivity contribution in [3.8, 4) is 11.3 Å². The largest absolute Gasteiger partial charge is 0.381 e. The second-order valence-electron chi connectivity index (χ2n) is 8.65. The average molecular weight is 509 g/mol. The molecule has 0 aliphatic carbocycles. The van der Waals surface area contributed by atoms with E-state index in [1.54, 1.807) is 29.1 Å². The molecule has 36 heavy (non-hydrogen) atoms. The Labute approximate surface area is 212 Å². The molecule has 0 bridgehead atoms. The molecule has 0 radical (unpaired) electrons. The summed E-state index contributed by atoms with van der Waals surface area (Å²) in [5.74, 6) is -0.179. The third-order valence-electron chi connectivity index (χ3n) is 6.17. The third kappa shape index (κ3) is 5.32. The van der Waals surface area contributed by atoms with Crippen molar-refractivity contribution in [1.29, 1.82) is 0 Å². The fourth-order valence-electron chi connectivity index (χ4n) is 4.22. The highest BCUT2D eigenvalue weighted by atomic mass is 35.5. The Morgan fingerprint density at radius 2 is 2.03 bits per heavy atom. The van der Waals surface area contributed by atoms with Crippen LogP contribution in [0.5, 0.6) is 0 Å². The van der Waals surface area contributed by atoms with Crippen molar-refractivity contribution < 1.29 is 13.9 Å². The summed E-state index contributed by atoms with van der Waals surface area (Å²) in [5.41, 5.74) is 3.27. The topological polar surface area (TPSA) is 94.0 Å². The highest BCUT2D eigenvalue weighted by Crippen LogP contribution is 2.25. The summed E-state index contributed by atoms with van der Waals surface area (Å²) in [6, 6.07) is 12.1. The van der Waals surface area contributed by atoms with Crippen molar-refractivity contribution in [1.82, 2.24) is 25.1 Å². The first kappa shape index (κ1) is 24.1. The van der Waals surface area contributed by atoms with Gasteiger partial charge in [0, 0.05) is 48.5 Å². The molecule has 0 atom stereocenters. The van der Waals surface area contributed by atoms with Crippen LogP contribution in [0.4, 0.5) is 10.3 Å². The van der Waals surface area contributed by atoms with Crippen LogP contribution in [0.25, 0.3) is 22.2 Å². The van der Waals surface area contributed by atoms with Crippen LogP contribution >= 0.6 is 11.6 Å².